The average molecular weight is 192 g/mol. The second-order valence-corrected chi connectivity index (χ2v) is 5.84. The van der Waals surface area contributed by atoms with E-state index in [0.717, 1.165) is 35.5 Å². The lowest BCUT2D eigenvalue weighted by Gasteiger charge is -2.22. The SMILES string of the molecule is CC1=C(C)C2C(C)C(C)C(C)C2C1C. The van der Waals surface area contributed by atoms with Crippen LogP contribution < -0.4 is 0 Å². The Bertz CT molecular complexity index is 274. The lowest BCUT2D eigenvalue weighted by atomic mass is 9.82. The van der Waals surface area contributed by atoms with Crippen LogP contribution in [0.2, 0.25) is 0 Å². The number of hydrogen-bond acceptors (Lipinski definition) is 0. The van der Waals surface area contributed by atoms with Gasteiger partial charge in [-0.3, -0.25) is 0 Å². The van der Waals surface area contributed by atoms with Crippen LogP contribution >= 0.6 is 0 Å². The first-order valence-electron chi connectivity index (χ1n) is 6.14. The predicted molar refractivity (Wildman–Crippen MR) is 62.0 cm³/mol. The maximum atomic E-state index is 2.47. The molecule has 0 spiro atoms. The molecule has 0 nitrogen and oxygen atoms in total. The summed E-state index contributed by atoms with van der Waals surface area (Å²) in [5, 5.41) is 0. The van der Waals surface area contributed by atoms with Crippen molar-refractivity contribution in [1.29, 1.82) is 0 Å². The summed E-state index contributed by atoms with van der Waals surface area (Å²) in [5.41, 5.74) is 3.40. The Morgan fingerprint density at radius 1 is 0.714 bits per heavy atom. The van der Waals surface area contributed by atoms with Crippen LogP contribution in [0.15, 0.2) is 11.1 Å². The summed E-state index contributed by atoms with van der Waals surface area (Å²) in [5.74, 6) is 5.40. The van der Waals surface area contributed by atoms with Gasteiger partial charge in [0.1, 0.15) is 0 Å². The van der Waals surface area contributed by atoms with Gasteiger partial charge in [0.15, 0.2) is 0 Å². The van der Waals surface area contributed by atoms with Gasteiger partial charge in [-0.05, 0) is 49.4 Å². The van der Waals surface area contributed by atoms with Gasteiger partial charge in [0.05, 0.1) is 0 Å². The Balaban J connectivity index is 2.38. The van der Waals surface area contributed by atoms with E-state index in [1.165, 1.54) is 0 Å². The normalized spacial score (nSPS) is 52.7. The highest BCUT2D eigenvalue weighted by molar-refractivity contribution is 5.28. The molecule has 0 aliphatic heterocycles. The molecule has 0 aromatic heterocycles. The van der Waals surface area contributed by atoms with E-state index >= 15 is 0 Å². The van der Waals surface area contributed by atoms with Gasteiger partial charge in [-0.15, -0.1) is 0 Å². The highest BCUT2D eigenvalue weighted by Crippen LogP contribution is 2.57. The van der Waals surface area contributed by atoms with Crippen molar-refractivity contribution in [3.05, 3.63) is 11.1 Å². The number of rotatable bonds is 0. The number of fused-ring (bicyclic) bond motifs is 1. The van der Waals surface area contributed by atoms with E-state index in [9.17, 15) is 0 Å². The van der Waals surface area contributed by atoms with Crippen molar-refractivity contribution < 1.29 is 0 Å². The molecule has 0 radical (unpaired) electrons. The second-order valence-electron chi connectivity index (χ2n) is 5.84. The van der Waals surface area contributed by atoms with Crippen molar-refractivity contribution in [2.75, 3.05) is 0 Å². The standard InChI is InChI=1S/C14H24/c1-7-9(3)13-11(5)8(2)12(6)14(13)10(7)4/h7,9-11,13-14H,1-6H3. The quantitative estimate of drug-likeness (QED) is 0.506. The molecule has 1 saturated carbocycles. The van der Waals surface area contributed by atoms with E-state index in [0.29, 0.717) is 0 Å². The fourth-order valence-corrected chi connectivity index (χ4v) is 4.19. The van der Waals surface area contributed by atoms with Crippen molar-refractivity contribution in [3.63, 3.8) is 0 Å². The summed E-state index contributed by atoms with van der Waals surface area (Å²) in [6.07, 6.45) is 0. The predicted octanol–water partition coefficient (Wildman–Crippen LogP) is 4.13. The molecule has 0 amide bonds. The highest BCUT2D eigenvalue weighted by Gasteiger charge is 2.50. The van der Waals surface area contributed by atoms with Crippen LogP contribution in [0.4, 0.5) is 0 Å². The molecule has 14 heavy (non-hydrogen) atoms. The Kier molecular flexibility index (Phi) is 2.28. The molecule has 6 unspecified atom stereocenters. The topological polar surface area (TPSA) is 0 Å². The maximum Gasteiger partial charge on any atom is -0.0138 e. The largest absolute Gasteiger partial charge is 0.0710 e. The smallest absolute Gasteiger partial charge is 0.0138 e. The monoisotopic (exact) mass is 192 g/mol. The van der Waals surface area contributed by atoms with Crippen molar-refractivity contribution in [3.8, 4) is 0 Å². The lowest BCUT2D eigenvalue weighted by Crippen LogP contribution is -2.17. The van der Waals surface area contributed by atoms with E-state index in [-0.39, 0.29) is 0 Å². The lowest BCUT2D eigenvalue weighted by molar-refractivity contribution is 0.285. The Morgan fingerprint density at radius 3 is 1.79 bits per heavy atom. The number of hydrogen-bond donors (Lipinski definition) is 0. The first kappa shape index (κ1) is 10.3. The third-order valence-electron chi connectivity index (χ3n) is 5.63. The van der Waals surface area contributed by atoms with Gasteiger partial charge in [-0.1, -0.05) is 38.8 Å². The molecular formula is C14H24. The minimum Gasteiger partial charge on any atom is -0.0710 e. The first-order chi connectivity index (χ1) is 6.46. The zero-order chi connectivity index (χ0) is 10.6. The summed E-state index contributed by atoms with van der Waals surface area (Å²) in [6, 6.07) is 0. The highest BCUT2D eigenvalue weighted by atomic mass is 14.5. The van der Waals surface area contributed by atoms with Gasteiger partial charge in [-0.2, -0.15) is 0 Å². The molecule has 2 aliphatic rings. The van der Waals surface area contributed by atoms with Crippen LogP contribution in [-0.4, -0.2) is 0 Å². The third-order valence-corrected chi connectivity index (χ3v) is 5.63. The van der Waals surface area contributed by atoms with Crippen LogP contribution in [0.5, 0.6) is 0 Å². The van der Waals surface area contributed by atoms with Gasteiger partial charge < -0.3 is 0 Å². The van der Waals surface area contributed by atoms with E-state index < -0.39 is 0 Å². The molecule has 0 aromatic rings. The molecule has 80 valence electrons. The fourth-order valence-electron chi connectivity index (χ4n) is 4.19. The van der Waals surface area contributed by atoms with Gasteiger partial charge in [0.2, 0.25) is 0 Å². The third kappa shape index (κ3) is 1.06. The van der Waals surface area contributed by atoms with Gasteiger partial charge in [-0.25, -0.2) is 0 Å². The maximum absolute atomic E-state index is 2.47. The molecule has 2 aliphatic carbocycles. The van der Waals surface area contributed by atoms with E-state index in [2.05, 4.69) is 41.5 Å². The molecule has 0 N–H and O–H groups in total. The molecule has 6 atom stereocenters. The minimum atomic E-state index is 0.836. The fraction of sp³-hybridized carbons (Fsp3) is 0.857. The molecule has 0 bridgehead atoms. The molecule has 0 saturated heterocycles. The molecule has 0 heteroatoms. The Labute approximate surface area is 88.8 Å². The summed E-state index contributed by atoms with van der Waals surface area (Å²) < 4.78 is 0. The molecule has 1 fully saturated rings. The Hall–Kier alpha value is -0.260. The van der Waals surface area contributed by atoms with Crippen molar-refractivity contribution in [2.45, 2.75) is 41.5 Å². The molecule has 0 aromatic carbocycles. The van der Waals surface area contributed by atoms with Crippen LogP contribution in [-0.2, 0) is 0 Å². The van der Waals surface area contributed by atoms with Crippen molar-refractivity contribution in [2.24, 2.45) is 35.5 Å². The Morgan fingerprint density at radius 2 is 1.29 bits per heavy atom. The minimum absolute atomic E-state index is 0.836. The average Bonchev–Trinajstić information content (AvgIpc) is 2.51. The summed E-state index contributed by atoms with van der Waals surface area (Å²) in [4.78, 5) is 0. The molecule has 0 heterocycles. The van der Waals surface area contributed by atoms with Crippen LogP contribution in [0, 0.1) is 35.5 Å². The summed E-state index contributed by atoms with van der Waals surface area (Å²) in [7, 11) is 0. The van der Waals surface area contributed by atoms with Gasteiger partial charge in [0.25, 0.3) is 0 Å². The zero-order valence-electron chi connectivity index (χ0n) is 10.5. The van der Waals surface area contributed by atoms with Crippen LogP contribution in [0.1, 0.15) is 41.5 Å². The van der Waals surface area contributed by atoms with Crippen LogP contribution in [0.3, 0.4) is 0 Å². The summed E-state index contributed by atoms with van der Waals surface area (Å²) in [6.45, 7) is 14.5. The van der Waals surface area contributed by atoms with E-state index in [1.807, 2.05) is 0 Å². The van der Waals surface area contributed by atoms with Crippen LogP contribution in [0.25, 0.3) is 0 Å². The van der Waals surface area contributed by atoms with E-state index in [1.54, 1.807) is 11.1 Å². The van der Waals surface area contributed by atoms with Crippen molar-refractivity contribution >= 4 is 0 Å². The molecule has 2 rings (SSSR count). The van der Waals surface area contributed by atoms with Gasteiger partial charge in [0, 0.05) is 0 Å². The zero-order valence-corrected chi connectivity index (χ0v) is 10.5. The van der Waals surface area contributed by atoms with Crippen molar-refractivity contribution in [1.82, 2.24) is 0 Å². The number of allylic oxidation sites excluding steroid dienone is 2. The first-order valence-corrected chi connectivity index (χ1v) is 6.14. The van der Waals surface area contributed by atoms with Gasteiger partial charge >= 0.3 is 0 Å². The molecular weight excluding hydrogens is 168 g/mol. The summed E-state index contributed by atoms with van der Waals surface area (Å²) >= 11 is 0. The second kappa shape index (κ2) is 3.12. The van der Waals surface area contributed by atoms with E-state index in [4.69, 9.17) is 0 Å².